The number of rotatable bonds is 6. The summed E-state index contributed by atoms with van der Waals surface area (Å²) >= 11 is 0. The third-order valence-corrected chi connectivity index (χ3v) is 4.97. The van der Waals surface area contributed by atoms with Gasteiger partial charge in [-0.25, -0.2) is 0 Å². The van der Waals surface area contributed by atoms with Crippen molar-refractivity contribution in [1.29, 1.82) is 0 Å². The average Bonchev–Trinajstić information content (AvgIpc) is 3.23. The summed E-state index contributed by atoms with van der Waals surface area (Å²) in [6.07, 6.45) is 2.32. The summed E-state index contributed by atoms with van der Waals surface area (Å²) in [6.45, 7) is 3.17. The zero-order valence-corrected chi connectivity index (χ0v) is 13.9. The standard InChI is InChI=1S/C20H24N2O2/c23-15(12-21-13-16-6-5-11-24-16)14-22-19-9-3-1-7-17(19)18-8-2-4-10-20(18)22/h1-4,7-10,15-16,21,23H,5-6,11-14H2/p+1/t15-,16+/m1/s1. The molecule has 4 heteroatoms. The molecule has 0 spiro atoms. The van der Waals surface area contributed by atoms with Gasteiger partial charge in [-0.3, -0.25) is 0 Å². The molecule has 1 aromatic heterocycles. The molecule has 0 bridgehead atoms. The topological polar surface area (TPSA) is 51.0 Å². The molecule has 4 rings (SSSR count). The lowest BCUT2D eigenvalue weighted by Crippen LogP contribution is -2.88. The number of fused-ring (bicyclic) bond motifs is 3. The first kappa shape index (κ1) is 15.6. The van der Waals surface area contributed by atoms with Crippen LogP contribution >= 0.6 is 0 Å². The minimum atomic E-state index is -0.370. The van der Waals surface area contributed by atoms with Crippen molar-refractivity contribution in [3.63, 3.8) is 0 Å². The van der Waals surface area contributed by atoms with Gasteiger partial charge >= 0.3 is 0 Å². The lowest BCUT2D eigenvalue weighted by atomic mass is 10.2. The molecule has 1 aliphatic heterocycles. The van der Waals surface area contributed by atoms with E-state index in [1.165, 1.54) is 28.2 Å². The smallest absolute Gasteiger partial charge is 0.121 e. The highest BCUT2D eigenvalue weighted by Crippen LogP contribution is 2.28. The van der Waals surface area contributed by atoms with Crippen molar-refractivity contribution in [3.05, 3.63) is 48.5 Å². The summed E-state index contributed by atoms with van der Waals surface area (Å²) in [5.41, 5.74) is 2.38. The molecule has 1 saturated heterocycles. The van der Waals surface area contributed by atoms with E-state index in [0.717, 1.165) is 19.6 Å². The minimum Gasteiger partial charge on any atom is -0.385 e. The van der Waals surface area contributed by atoms with Gasteiger partial charge in [0.1, 0.15) is 25.3 Å². The van der Waals surface area contributed by atoms with Crippen molar-refractivity contribution < 1.29 is 15.2 Å². The first-order valence-corrected chi connectivity index (χ1v) is 8.90. The zero-order valence-electron chi connectivity index (χ0n) is 13.9. The number of ether oxygens (including phenoxy) is 1. The second-order valence-electron chi connectivity index (χ2n) is 6.69. The van der Waals surface area contributed by atoms with Crippen molar-refractivity contribution in [3.8, 4) is 0 Å². The van der Waals surface area contributed by atoms with Crippen LogP contribution in [0.25, 0.3) is 21.8 Å². The summed E-state index contributed by atoms with van der Waals surface area (Å²) in [6, 6.07) is 16.9. The van der Waals surface area contributed by atoms with Gasteiger partial charge in [-0.05, 0) is 25.0 Å². The van der Waals surface area contributed by atoms with E-state index >= 15 is 0 Å². The van der Waals surface area contributed by atoms with Crippen LogP contribution in [0.5, 0.6) is 0 Å². The van der Waals surface area contributed by atoms with E-state index in [-0.39, 0.29) is 6.10 Å². The molecular weight excluding hydrogens is 300 g/mol. The van der Waals surface area contributed by atoms with Crippen molar-refractivity contribution in [1.82, 2.24) is 4.57 Å². The number of quaternary nitrogens is 1. The lowest BCUT2D eigenvalue weighted by Gasteiger charge is -2.14. The molecule has 1 aliphatic rings. The van der Waals surface area contributed by atoms with Gasteiger partial charge < -0.3 is 19.7 Å². The zero-order chi connectivity index (χ0) is 16.4. The van der Waals surface area contributed by atoms with Crippen molar-refractivity contribution in [2.45, 2.75) is 31.6 Å². The van der Waals surface area contributed by atoms with Crippen LogP contribution < -0.4 is 5.32 Å². The van der Waals surface area contributed by atoms with Gasteiger partial charge in [0, 0.05) is 28.4 Å². The molecule has 0 unspecified atom stereocenters. The monoisotopic (exact) mass is 325 g/mol. The van der Waals surface area contributed by atoms with Crippen LogP contribution in [0.15, 0.2) is 48.5 Å². The molecule has 3 aromatic rings. The van der Waals surface area contributed by atoms with Crippen molar-refractivity contribution in [2.75, 3.05) is 19.7 Å². The third kappa shape index (κ3) is 3.05. The number of para-hydroxylation sites is 2. The quantitative estimate of drug-likeness (QED) is 0.727. The van der Waals surface area contributed by atoms with Gasteiger partial charge in [0.25, 0.3) is 0 Å². The first-order valence-electron chi connectivity index (χ1n) is 8.90. The second kappa shape index (κ2) is 6.93. The maximum atomic E-state index is 10.5. The molecule has 2 heterocycles. The molecule has 126 valence electrons. The van der Waals surface area contributed by atoms with Crippen LogP contribution in [0, 0.1) is 0 Å². The number of aromatic nitrogens is 1. The van der Waals surface area contributed by atoms with Gasteiger partial charge in [-0.1, -0.05) is 36.4 Å². The Morgan fingerprint density at radius 3 is 2.38 bits per heavy atom. The Morgan fingerprint density at radius 2 is 1.75 bits per heavy atom. The summed E-state index contributed by atoms with van der Waals surface area (Å²) in [5.74, 6) is 0. The lowest BCUT2D eigenvalue weighted by molar-refractivity contribution is -0.666. The molecule has 1 fully saturated rings. The molecule has 3 N–H and O–H groups in total. The van der Waals surface area contributed by atoms with E-state index in [9.17, 15) is 5.11 Å². The van der Waals surface area contributed by atoms with E-state index in [4.69, 9.17) is 4.74 Å². The predicted octanol–water partition coefficient (Wildman–Crippen LogP) is 1.90. The fourth-order valence-electron chi connectivity index (χ4n) is 3.79. The Bertz CT molecular complexity index is 767. The molecule has 0 radical (unpaired) electrons. The fraction of sp³-hybridized carbons (Fsp3) is 0.400. The largest absolute Gasteiger partial charge is 0.385 e. The van der Waals surface area contributed by atoms with Gasteiger partial charge in [0.15, 0.2) is 0 Å². The number of benzene rings is 2. The Kier molecular flexibility index (Phi) is 4.52. The summed E-state index contributed by atoms with van der Waals surface area (Å²) in [7, 11) is 0. The normalized spacial score (nSPS) is 19.3. The van der Waals surface area contributed by atoms with Crippen LogP contribution in [0.2, 0.25) is 0 Å². The van der Waals surface area contributed by atoms with Gasteiger partial charge in [-0.2, -0.15) is 0 Å². The molecule has 0 aliphatic carbocycles. The molecule has 0 amide bonds. The number of nitrogens with two attached hydrogens (primary N) is 1. The highest BCUT2D eigenvalue weighted by molar-refractivity contribution is 6.07. The molecular formula is C20H25N2O2+. The van der Waals surface area contributed by atoms with E-state index < -0.39 is 0 Å². The number of hydrogen-bond donors (Lipinski definition) is 2. The first-order chi connectivity index (χ1) is 11.8. The maximum Gasteiger partial charge on any atom is 0.121 e. The predicted molar refractivity (Wildman–Crippen MR) is 96.1 cm³/mol. The van der Waals surface area contributed by atoms with Crippen LogP contribution in [0.4, 0.5) is 0 Å². The second-order valence-corrected chi connectivity index (χ2v) is 6.69. The van der Waals surface area contributed by atoms with Gasteiger partial charge in [0.05, 0.1) is 6.54 Å². The summed E-state index contributed by atoms with van der Waals surface area (Å²) in [4.78, 5) is 0. The Hall–Kier alpha value is -1.88. The summed E-state index contributed by atoms with van der Waals surface area (Å²) < 4.78 is 7.88. The number of nitrogens with zero attached hydrogens (tertiary/aromatic N) is 1. The van der Waals surface area contributed by atoms with Crippen molar-refractivity contribution in [2.24, 2.45) is 0 Å². The highest BCUT2D eigenvalue weighted by atomic mass is 16.5. The van der Waals surface area contributed by atoms with Crippen LogP contribution in [0.3, 0.4) is 0 Å². The van der Waals surface area contributed by atoms with Gasteiger partial charge in [0.2, 0.25) is 0 Å². The minimum absolute atomic E-state index is 0.366. The van der Waals surface area contributed by atoms with E-state index in [1.807, 2.05) is 0 Å². The van der Waals surface area contributed by atoms with E-state index in [2.05, 4.69) is 58.4 Å². The van der Waals surface area contributed by atoms with Gasteiger partial charge in [-0.15, -0.1) is 0 Å². The Labute approximate surface area is 142 Å². The molecule has 0 saturated carbocycles. The summed E-state index contributed by atoms with van der Waals surface area (Å²) in [5, 5.41) is 15.2. The van der Waals surface area contributed by atoms with E-state index in [0.29, 0.717) is 19.2 Å². The molecule has 4 nitrogen and oxygen atoms in total. The molecule has 24 heavy (non-hydrogen) atoms. The fourth-order valence-corrected chi connectivity index (χ4v) is 3.79. The third-order valence-electron chi connectivity index (χ3n) is 4.97. The maximum absolute atomic E-state index is 10.5. The van der Waals surface area contributed by atoms with Crippen LogP contribution in [-0.2, 0) is 11.3 Å². The molecule has 2 aromatic carbocycles. The van der Waals surface area contributed by atoms with Crippen LogP contribution in [-0.4, -0.2) is 41.6 Å². The Balaban J connectivity index is 1.50. The number of aliphatic hydroxyl groups excluding tert-OH is 1. The van der Waals surface area contributed by atoms with Crippen LogP contribution in [0.1, 0.15) is 12.8 Å². The molecule has 2 atom stereocenters. The number of aliphatic hydroxyl groups is 1. The average molecular weight is 325 g/mol. The van der Waals surface area contributed by atoms with E-state index in [1.54, 1.807) is 0 Å². The highest BCUT2D eigenvalue weighted by Gasteiger charge is 2.18. The SMILES string of the molecule is O[C@H](C[NH2+]C[C@@H]1CCCO1)Cn1c2ccccc2c2ccccc21. The van der Waals surface area contributed by atoms with Crippen molar-refractivity contribution >= 4 is 21.8 Å². The number of hydrogen-bond acceptors (Lipinski definition) is 2. The Morgan fingerprint density at radius 1 is 1.08 bits per heavy atom.